The summed E-state index contributed by atoms with van der Waals surface area (Å²) in [6.45, 7) is 0. The average Bonchev–Trinajstić information content (AvgIpc) is 2.73. The van der Waals surface area contributed by atoms with Crippen LogP contribution in [-0.4, -0.2) is 27.2 Å². The molecule has 0 fully saturated rings. The van der Waals surface area contributed by atoms with Gasteiger partial charge in [0.15, 0.2) is 0 Å². The largest absolute Gasteiger partial charge is 0.389 e. The van der Waals surface area contributed by atoms with Crippen LogP contribution in [0.2, 0.25) is 0 Å². The van der Waals surface area contributed by atoms with E-state index in [4.69, 9.17) is 11.6 Å². The number of hydrogen-bond donors (Lipinski definition) is 3. The Hall–Kier alpha value is -1.03. The third kappa shape index (κ3) is 2.00. The van der Waals surface area contributed by atoms with E-state index in [1.165, 1.54) is 0 Å². The Balaban J connectivity index is 2.35. The van der Waals surface area contributed by atoms with Crippen LogP contribution in [0.3, 0.4) is 0 Å². The summed E-state index contributed by atoms with van der Waals surface area (Å²) in [4.78, 5) is 3.06. The van der Waals surface area contributed by atoms with Crippen molar-refractivity contribution in [1.29, 1.82) is 0 Å². The van der Waals surface area contributed by atoms with Crippen LogP contribution in [0.1, 0.15) is 11.7 Å². The summed E-state index contributed by atoms with van der Waals surface area (Å²) in [5.41, 5.74) is 1.68. The van der Waals surface area contributed by atoms with Crippen molar-refractivity contribution in [3.63, 3.8) is 0 Å². The van der Waals surface area contributed by atoms with E-state index in [9.17, 15) is 10.2 Å². The topological polar surface area (TPSA) is 56.2 Å². The van der Waals surface area contributed by atoms with Gasteiger partial charge >= 0.3 is 0 Å². The number of rotatable bonds is 3. The third-order valence-electron chi connectivity index (χ3n) is 2.44. The molecule has 1 aromatic heterocycles. The minimum absolute atomic E-state index is 0.0202. The van der Waals surface area contributed by atoms with Gasteiger partial charge in [-0.1, -0.05) is 6.07 Å². The first-order valence-corrected chi connectivity index (χ1v) is 5.25. The molecule has 2 atom stereocenters. The van der Waals surface area contributed by atoms with Gasteiger partial charge in [0.25, 0.3) is 0 Å². The summed E-state index contributed by atoms with van der Waals surface area (Å²) >= 11 is 5.48. The van der Waals surface area contributed by atoms with Crippen LogP contribution in [-0.2, 0) is 0 Å². The summed E-state index contributed by atoms with van der Waals surface area (Å²) < 4.78 is 0. The van der Waals surface area contributed by atoms with E-state index in [1.807, 2.05) is 24.4 Å². The predicted molar refractivity (Wildman–Crippen MR) is 60.0 cm³/mol. The van der Waals surface area contributed by atoms with Crippen molar-refractivity contribution >= 4 is 22.5 Å². The van der Waals surface area contributed by atoms with E-state index < -0.39 is 12.2 Å². The van der Waals surface area contributed by atoms with Gasteiger partial charge in [0.05, 0.1) is 12.0 Å². The van der Waals surface area contributed by atoms with Gasteiger partial charge in [-0.15, -0.1) is 11.6 Å². The number of alkyl halides is 1. The summed E-state index contributed by atoms with van der Waals surface area (Å²) in [6.07, 6.45) is -0.0245. The molecule has 0 aliphatic rings. The second-order valence-corrected chi connectivity index (χ2v) is 3.80. The van der Waals surface area contributed by atoms with Crippen LogP contribution in [0.25, 0.3) is 10.9 Å². The Kier molecular flexibility index (Phi) is 2.95. The Morgan fingerprint density at radius 2 is 2.07 bits per heavy atom. The van der Waals surface area contributed by atoms with Crippen molar-refractivity contribution in [3.05, 3.63) is 36.0 Å². The molecule has 0 aliphatic heterocycles. The maximum atomic E-state index is 9.74. The highest BCUT2D eigenvalue weighted by Crippen LogP contribution is 2.22. The fraction of sp³-hybridized carbons (Fsp3) is 0.273. The van der Waals surface area contributed by atoms with Gasteiger partial charge in [-0.25, -0.2) is 0 Å². The zero-order valence-electron chi connectivity index (χ0n) is 8.02. The highest BCUT2D eigenvalue weighted by atomic mass is 35.5. The third-order valence-corrected chi connectivity index (χ3v) is 2.76. The first-order chi connectivity index (χ1) is 7.22. The van der Waals surface area contributed by atoms with Gasteiger partial charge in [0.1, 0.15) is 6.10 Å². The number of aliphatic hydroxyl groups excluding tert-OH is 2. The summed E-state index contributed by atoms with van der Waals surface area (Å²) in [5, 5.41) is 20.2. The molecule has 0 bridgehead atoms. The number of halogens is 1. The molecule has 80 valence electrons. The molecule has 0 amide bonds. The van der Waals surface area contributed by atoms with Crippen molar-refractivity contribution in [2.75, 3.05) is 5.88 Å². The van der Waals surface area contributed by atoms with E-state index in [1.54, 1.807) is 6.07 Å². The average molecular weight is 226 g/mol. The number of aromatic nitrogens is 1. The van der Waals surface area contributed by atoms with Crippen molar-refractivity contribution in [2.24, 2.45) is 0 Å². The maximum Gasteiger partial charge on any atom is 0.106 e. The van der Waals surface area contributed by atoms with Gasteiger partial charge in [-0.2, -0.15) is 0 Å². The van der Waals surface area contributed by atoms with E-state index >= 15 is 0 Å². The molecular formula is C11H12ClNO2. The lowest BCUT2D eigenvalue weighted by Crippen LogP contribution is -2.19. The molecule has 0 aliphatic carbocycles. The number of fused-ring (bicyclic) bond motifs is 1. The van der Waals surface area contributed by atoms with Crippen LogP contribution in [0, 0.1) is 0 Å². The summed E-state index contributed by atoms with van der Waals surface area (Å²) in [6, 6.07) is 7.40. The smallest absolute Gasteiger partial charge is 0.106 e. The van der Waals surface area contributed by atoms with Gasteiger partial charge < -0.3 is 15.2 Å². The number of hydrogen-bond acceptors (Lipinski definition) is 2. The van der Waals surface area contributed by atoms with Crippen molar-refractivity contribution in [1.82, 2.24) is 4.98 Å². The first-order valence-electron chi connectivity index (χ1n) is 4.71. The summed E-state index contributed by atoms with van der Waals surface area (Å²) in [5.74, 6) is 0.0202. The highest BCUT2D eigenvalue weighted by molar-refractivity contribution is 6.18. The predicted octanol–water partition coefficient (Wildman–Crippen LogP) is 1.80. The Bertz CT molecular complexity index is 455. The van der Waals surface area contributed by atoms with Crippen molar-refractivity contribution in [2.45, 2.75) is 12.2 Å². The number of H-pyrrole nitrogens is 1. The normalized spacial score (nSPS) is 15.4. The molecular weight excluding hydrogens is 214 g/mol. The Morgan fingerprint density at radius 3 is 2.80 bits per heavy atom. The van der Waals surface area contributed by atoms with E-state index in [-0.39, 0.29) is 5.88 Å². The second-order valence-electron chi connectivity index (χ2n) is 3.49. The molecule has 15 heavy (non-hydrogen) atoms. The lowest BCUT2D eigenvalue weighted by molar-refractivity contribution is 0.0328. The fourth-order valence-electron chi connectivity index (χ4n) is 1.56. The number of aliphatic hydroxyl groups is 2. The van der Waals surface area contributed by atoms with Crippen LogP contribution in [0.5, 0.6) is 0 Å². The van der Waals surface area contributed by atoms with E-state index in [0.29, 0.717) is 5.56 Å². The SMILES string of the molecule is OC(CCl)C(O)c1ccc2[nH]ccc2c1. The van der Waals surface area contributed by atoms with Gasteiger partial charge in [-0.3, -0.25) is 0 Å². The monoisotopic (exact) mass is 225 g/mol. The molecule has 2 aromatic rings. The van der Waals surface area contributed by atoms with Crippen LogP contribution in [0.15, 0.2) is 30.5 Å². The zero-order chi connectivity index (χ0) is 10.8. The van der Waals surface area contributed by atoms with Gasteiger partial charge in [0, 0.05) is 11.7 Å². The zero-order valence-corrected chi connectivity index (χ0v) is 8.78. The number of aromatic amines is 1. The standard InChI is InChI=1S/C11H12ClNO2/c12-6-10(14)11(15)8-1-2-9-7(5-8)3-4-13-9/h1-5,10-11,13-15H,6H2. The molecule has 1 aromatic carbocycles. The van der Waals surface area contributed by atoms with E-state index in [2.05, 4.69) is 4.98 Å². The van der Waals surface area contributed by atoms with Crippen LogP contribution < -0.4 is 0 Å². The quantitative estimate of drug-likeness (QED) is 0.698. The molecule has 1 heterocycles. The lowest BCUT2D eigenvalue weighted by Gasteiger charge is -2.15. The molecule has 2 rings (SSSR count). The molecule has 0 radical (unpaired) electrons. The minimum Gasteiger partial charge on any atom is -0.389 e. The van der Waals surface area contributed by atoms with Gasteiger partial charge in [-0.05, 0) is 29.1 Å². The molecule has 3 nitrogen and oxygen atoms in total. The highest BCUT2D eigenvalue weighted by Gasteiger charge is 2.17. The second kappa shape index (κ2) is 4.23. The Labute approximate surface area is 92.3 Å². The molecule has 0 spiro atoms. The molecule has 0 saturated carbocycles. The molecule has 4 heteroatoms. The number of benzene rings is 1. The van der Waals surface area contributed by atoms with Crippen LogP contribution >= 0.6 is 11.6 Å². The number of nitrogens with one attached hydrogen (secondary N) is 1. The maximum absolute atomic E-state index is 9.74. The van der Waals surface area contributed by atoms with Crippen molar-refractivity contribution in [3.8, 4) is 0 Å². The summed E-state index contributed by atoms with van der Waals surface area (Å²) in [7, 11) is 0. The van der Waals surface area contributed by atoms with E-state index in [0.717, 1.165) is 10.9 Å². The first kappa shape index (κ1) is 10.5. The molecule has 0 saturated heterocycles. The molecule has 2 unspecified atom stereocenters. The molecule has 3 N–H and O–H groups in total. The Morgan fingerprint density at radius 1 is 1.27 bits per heavy atom. The lowest BCUT2D eigenvalue weighted by atomic mass is 10.0. The van der Waals surface area contributed by atoms with Gasteiger partial charge in [0.2, 0.25) is 0 Å². The fourth-order valence-corrected chi connectivity index (χ4v) is 1.73. The van der Waals surface area contributed by atoms with Crippen LogP contribution in [0.4, 0.5) is 0 Å². The van der Waals surface area contributed by atoms with Crippen molar-refractivity contribution < 1.29 is 10.2 Å². The minimum atomic E-state index is -0.929.